The van der Waals surface area contributed by atoms with Gasteiger partial charge in [0.15, 0.2) is 0 Å². The lowest BCUT2D eigenvalue weighted by molar-refractivity contribution is -0.122. The number of hydrogen-bond acceptors (Lipinski definition) is 5. The summed E-state index contributed by atoms with van der Waals surface area (Å²) < 4.78 is 23.8. The van der Waals surface area contributed by atoms with Gasteiger partial charge in [-0.15, -0.1) is 0 Å². The number of ether oxygens (including phenoxy) is 2. The first-order valence-electron chi connectivity index (χ1n) is 8.19. The molecule has 1 atom stereocenters. The van der Waals surface area contributed by atoms with Crippen molar-refractivity contribution >= 4 is 5.91 Å². The van der Waals surface area contributed by atoms with Crippen molar-refractivity contribution in [3.05, 3.63) is 48.2 Å². The van der Waals surface area contributed by atoms with Crippen LogP contribution in [-0.4, -0.2) is 29.1 Å². The number of carbonyl (C=O) groups is 1. The molecule has 2 N–H and O–H groups in total. The molecule has 4 rings (SSSR count). The van der Waals surface area contributed by atoms with E-state index in [0.717, 1.165) is 19.0 Å². The highest BCUT2D eigenvalue weighted by atomic mass is 19.1. The van der Waals surface area contributed by atoms with E-state index in [4.69, 9.17) is 15.2 Å². The smallest absolute Gasteiger partial charge is 0.230 e. The van der Waals surface area contributed by atoms with E-state index in [1.165, 1.54) is 18.3 Å². The second kappa shape index (κ2) is 5.77. The molecule has 130 valence electrons. The summed E-state index contributed by atoms with van der Waals surface area (Å²) in [5.74, 6) is -0.0347. The first-order valence-corrected chi connectivity index (χ1v) is 8.19. The number of nitrogens with two attached hydrogens (primary N) is 1. The molecule has 0 aromatic carbocycles. The molecule has 6 nitrogen and oxygen atoms in total. The summed E-state index contributed by atoms with van der Waals surface area (Å²) in [5, 5.41) is 0. The maximum atomic E-state index is 12.9. The molecule has 1 spiro atoms. The average Bonchev–Trinajstić information content (AvgIpc) is 3.27. The number of carbonyl (C=O) groups excluding carboxylic acids is 1. The molecular formula is C18H18FN3O3. The Hall–Kier alpha value is -2.54. The molecule has 1 saturated heterocycles. The van der Waals surface area contributed by atoms with Gasteiger partial charge in [0.05, 0.1) is 23.5 Å². The molecule has 1 unspecified atom stereocenters. The van der Waals surface area contributed by atoms with Crippen LogP contribution in [0.2, 0.25) is 0 Å². The van der Waals surface area contributed by atoms with Crippen LogP contribution in [-0.2, 0) is 14.9 Å². The van der Waals surface area contributed by atoms with E-state index in [9.17, 15) is 9.18 Å². The van der Waals surface area contributed by atoms with Crippen LogP contribution in [0.5, 0.6) is 11.6 Å². The molecule has 1 aliphatic heterocycles. The quantitative estimate of drug-likeness (QED) is 0.920. The topological polar surface area (TPSA) is 87.3 Å². The van der Waals surface area contributed by atoms with Crippen molar-refractivity contribution in [1.82, 2.24) is 9.97 Å². The minimum absolute atomic E-state index is 0.134. The fourth-order valence-electron chi connectivity index (χ4n) is 3.90. The summed E-state index contributed by atoms with van der Waals surface area (Å²) in [7, 11) is 0. The summed E-state index contributed by atoms with van der Waals surface area (Å²) in [6.45, 7) is 1.29. The summed E-state index contributed by atoms with van der Waals surface area (Å²) in [6.07, 6.45) is 4.96. The number of aromatic nitrogens is 2. The number of pyridine rings is 2. The SMILES string of the molecule is NC(=O)C1(c2ccc(Oc3ccc(F)cn3)cn2)CC12CCOCC2. The van der Waals surface area contributed by atoms with Crippen molar-refractivity contribution in [2.24, 2.45) is 11.1 Å². The first kappa shape index (κ1) is 16.0. The molecule has 1 saturated carbocycles. The average molecular weight is 343 g/mol. The van der Waals surface area contributed by atoms with Crippen LogP contribution in [0.3, 0.4) is 0 Å². The molecule has 2 fully saturated rings. The number of amides is 1. The van der Waals surface area contributed by atoms with E-state index in [1.54, 1.807) is 12.1 Å². The van der Waals surface area contributed by atoms with Crippen molar-refractivity contribution in [3.63, 3.8) is 0 Å². The van der Waals surface area contributed by atoms with E-state index in [-0.39, 0.29) is 17.2 Å². The van der Waals surface area contributed by atoms with Crippen LogP contribution in [0.15, 0.2) is 36.7 Å². The van der Waals surface area contributed by atoms with E-state index in [2.05, 4.69) is 9.97 Å². The third-order valence-corrected chi connectivity index (χ3v) is 5.35. The molecule has 3 heterocycles. The van der Waals surface area contributed by atoms with Gasteiger partial charge in [0, 0.05) is 19.3 Å². The number of rotatable bonds is 4. The predicted molar refractivity (Wildman–Crippen MR) is 86.5 cm³/mol. The van der Waals surface area contributed by atoms with Crippen LogP contribution in [0, 0.1) is 11.2 Å². The van der Waals surface area contributed by atoms with Crippen LogP contribution < -0.4 is 10.5 Å². The van der Waals surface area contributed by atoms with Gasteiger partial charge in [-0.2, -0.15) is 0 Å². The van der Waals surface area contributed by atoms with Crippen LogP contribution in [0.1, 0.15) is 25.0 Å². The van der Waals surface area contributed by atoms with Crippen molar-refractivity contribution in [2.75, 3.05) is 13.2 Å². The van der Waals surface area contributed by atoms with E-state index >= 15 is 0 Å². The van der Waals surface area contributed by atoms with Gasteiger partial charge in [-0.1, -0.05) is 0 Å². The van der Waals surface area contributed by atoms with Gasteiger partial charge in [0.2, 0.25) is 11.8 Å². The molecule has 1 amide bonds. The molecule has 1 aliphatic carbocycles. The zero-order valence-electron chi connectivity index (χ0n) is 13.6. The molecule has 0 bridgehead atoms. The zero-order valence-corrected chi connectivity index (χ0v) is 13.6. The molecule has 25 heavy (non-hydrogen) atoms. The predicted octanol–water partition coefficient (Wildman–Crippen LogP) is 2.33. The fourth-order valence-corrected chi connectivity index (χ4v) is 3.90. The molecular weight excluding hydrogens is 325 g/mol. The minimum Gasteiger partial charge on any atom is -0.437 e. The van der Waals surface area contributed by atoms with Gasteiger partial charge in [-0.25, -0.2) is 9.37 Å². The Morgan fingerprint density at radius 2 is 1.96 bits per heavy atom. The summed E-state index contributed by atoms with van der Waals surface area (Å²) >= 11 is 0. The summed E-state index contributed by atoms with van der Waals surface area (Å²) in [6, 6.07) is 6.20. The van der Waals surface area contributed by atoms with Crippen molar-refractivity contribution in [2.45, 2.75) is 24.7 Å². The van der Waals surface area contributed by atoms with Crippen molar-refractivity contribution < 1.29 is 18.7 Å². The van der Waals surface area contributed by atoms with Gasteiger partial charge in [-0.05, 0) is 42.9 Å². The zero-order chi connectivity index (χ0) is 17.5. The van der Waals surface area contributed by atoms with Crippen molar-refractivity contribution in [1.29, 1.82) is 0 Å². The molecule has 2 aromatic rings. The Labute approximate surface area is 144 Å². The number of hydrogen-bond donors (Lipinski definition) is 1. The lowest BCUT2D eigenvalue weighted by Gasteiger charge is -2.27. The second-order valence-corrected chi connectivity index (χ2v) is 6.63. The minimum atomic E-state index is -0.719. The van der Waals surface area contributed by atoms with Gasteiger partial charge in [-0.3, -0.25) is 9.78 Å². The van der Waals surface area contributed by atoms with Crippen LogP contribution >= 0.6 is 0 Å². The summed E-state index contributed by atoms with van der Waals surface area (Å²) in [4.78, 5) is 20.5. The maximum Gasteiger partial charge on any atom is 0.230 e. The highest BCUT2D eigenvalue weighted by Gasteiger charge is 2.72. The highest BCUT2D eigenvalue weighted by molar-refractivity contribution is 5.91. The molecule has 7 heteroatoms. The van der Waals surface area contributed by atoms with E-state index < -0.39 is 11.2 Å². The summed E-state index contributed by atoms with van der Waals surface area (Å²) in [5.41, 5.74) is 5.56. The highest BCUT2D eigenvalue weighted by Crippen LogP contribution is 2.68. The fraction of sp³-hybridized carbons (Fsp3) is 0.389. The first-order chi connectivity index (χ1) is 12.1. The lowest BCUT2D eigenvalue weighted by Crippen LogP contribution is -2.37. The molecule has 0 radical (unpaired) electrons. The standard InChI is InChI=1S/C18H18FN3O3/c19-12-1-4-15(22-9-12)25-13-2-3-14(21-10-13)18(16(20)23)11-17(18)5-7-24-8-6-17/h1-4,9-10H,5-8,11H2,(H2,20,23). The van der Waals surface area contributed by atoms with Gasteiger partial charge in [0.25, 0.3) is 0 Å². The normalized spacial score (nSPS) is 24.0. The van der Waals surface area contributed by atoms with Crippen LogP contribution in [0.4, 0.5) is 4.39 Å². The number of halogens is 1. The third-order valence-electron chi connectivity index (χ3n) is 5.35. The number of nitrogens with zero attached hydrogens (tertiary/aromatic N) is 2. The molecule has 2 aromatic heterocycles. The Morgan fingerprint density at radius 1 is 1.16 bits per heavy atom. The Kier molecular flexibility index (Phi) is 3.68. The van der Waals surface area contributed by atoms with Gasteiger partial charge >= 0.3 is 0 Å². The Balaban J connectivity index is 1.56. The maximum absolute atomic E-state index is 12.9. The Bertz CT molecular complexity index is 788. The Morgan fingerprint density at radius 3 is 2.56 bits per heavy atom. The van der Waals surface area contributed by atoms with E-state index in [0.29, 0.717) is 31.1 Å². The monoisotopic (exact) mass is 343 g/mol. The number of primary amides is 1. The largest absolute Gasteiger partial charge is 0.437 e. The molecule has 2 aliphatic rings. The van der Waals surface area contributed by atoms with Gasteiger partial charge in [0.1, 0.15) is 11.6 Å². The third kappa shape index (κ3) is 2.55. The van der Waals surface area contributed by atoms with E-state index in [1.807, 2.05) is 0 Å². The van der Waals surface area contributed by atoms with Gasteiger partial charge < -0.3 is 15.2 Å². The van der Waals surface area contributed by atoms with Crippen LogP contribution in [0.25, 0.3) is 0 Å². The lowest BCUT2D eigenvalue weighted by atomic mass is 9.83. The second-order valence-electron chi connectivity index (χ2n) is 6.63. The van der Waals surface area contributed by atoms with Crippen molar-refractivity contribution in [3.8, 4) is 11.6 Å².